The van der Waals surface area contributed by atoms with Gasteiger partial charge in [-0.2, -0.15) is 0 Å². The number of nitrogens with zero attached hydrogens (tertiary/aromatic N) is 3. The number of carbonyl (C=O) groups excluding carboxylic acids is 1. The van der Waals surface area contributed by atoms with Crippen molar-refractivity contribution in [3.05, 3.63) is 40.9 Å². The van der Waals surface area contributed by atoms with E-state index in [4.69, 9.17) is 10.2 Å². The average Bonchev–Trinajstić information content (AvgIpc) is 2.69. The summed E-state index contributed by atoms with van der Waals surface area (Å²) in [6.45, 7) is 13.1. The van der Waals surface area contributed by atoms with Gasteiger partial charge >= 0.3 is 0 Å². The molecule has 1 aliphatic heterocycles. The maximum absolute atomic E-state index is 12.8. The number of aromatic nitrogens is 2. The molecule has 31 heavy (non-hydrogen) atoms. The van der Waals surface area contributed by atoms with E-state index < -0.39 is 8.32 Å². The molecule has 1 amide bonds. The minimum Gasteiger partial charge on any atom is -0.412 e. The Labute approximate surface area is 194 Å². The van der Waals surface area contributed by atoms with Crippen molar-refractivity contribution in [2.24, 2.45) is 0 Å². The predicted molar refractivity (Wildman–Crippen MR) is 132 cm³/mol. The minimum atomic E-state index is -1.85. The number of hydrogen-bond donors (Lipinski definition) is 2. The van der Waals surface area contributed by atoms with Gasteiger partial charge in [0.15, 0.2) is 14.0 Å². The molecule has 0 aromatic carbocycles. The highest BCUT2D eigenvalue weighted by Gasteiger charge is 2.40. The Hall–Kier alpha value is -1.97. The zero-order valence-corrected chi connectivity index (χ0v) is 21.5. The van der Waals surface area contributed by atoms with Gasteiger partial charge in [0.25, 0.3) is 5.91 Å². The highest BCUT2D eigenvalue weighted by molar-refractivity contribution is 9.10. The summed E-state index contributed by atoms with van der Waals surface area (Å²) in [7, 11) is -1.85. The molecule has 0 aliphatic carbocycles. The quantitative estimate of drug-likeness (QED) is 0.435. The number of piperidine rings is 1. The normalized spacial score (nSPS) is 17.5. The number of anilines is 3. The molecule has 0 radical (unpaired) electrons. The summed E-state index contributed by atoms with van der Waals surface area (Å²) in [6, 6.07) is 5.30. The molecule has 2 aromatic rings. The SMILES string of the molecule is CC(C)(C)[Si](C)(C)O[C@@H]1CCCN(c2ccncc2NC(=O)c2nc(Br)ccc2N)C1. The van der Waals surface area contributed by atoms with Crippen LogP contribution in [0.3, 0.4) is 0 Å². The second-order valence-electron chi connectivity index (χ2n) is 9.51. The van der Waals surface area contributed by atoms with Crippen molar-refractivity contribution in [2.75, 3.05) is 29.0 Å². The number of nitrogens with one attached hydrogen (secondary N) is 1. The van der Waals surface area contributed by atoms with E-state index in [1.807, 2.05) is 6.07 Å². The largest absolute Gasteiger partial charge is 0.412 e. The number of nitrogen functional groups attached to an aromatic ring is 1. The number of pyridine rings is 2. The van der Waals surface area contributed by atoms with Gasteiger partial charge < -0.3 is 20.4 Å². The van der Waals surface area contributed by atoms with Gasteiger partial charge in [-0.05, 0) is 65.1 Å². The Kier molecular flexibility index (Phi) is 7.07. The van der Waals surface area contributed by atoms with Gasteiger partial charge in [0.1, 0.15) is 4.60 Å². The van der Waals surface area contributed by atoms with Crippen LogP contribution in [-0.4, -0.2) is 43.4 Å². The molecule has 0 saturated carbocycles. The van der Waals surface area contributed by atoms with E-state index in [1.165, 1.54) is 0 Å². The van der Waals surface area contributed by atoms with Gasteiger partial charge in [-0.25, -0.2) is 4.98 Å². The summed E-state index contributed by atoms with van der Waals surface area (Å²) in [5.74, 6) is -0.362. The van der Waals surface area contributed by atoms with Crippen molar-refractivity contribution in [1.82, 2.24) is 9.97 Å². The standard InChI is InChI=1S/C22H32BrN5O2Si/c1-22(2,3)31(4,5)30-15-7-6-12-28(14-15)18-10-11-25-13-17(18)26-21(29)20-16(24)8-9-19(23)27-20/h8-11,13,15H,6-7,12,14,24H2,1-5H3,(H,26,29)/t15-/m1/s1. The van der Waals surface area contributed by atoms with Crippen molar-refractivity contribution < 1.29 is 9.22 Å². The molecule has 1 atom stereocenters. The first-order chi connectivity index (χ1) is 14.5. The molecule has 1 aliphatic rings. The molecule has 3 heterocycles. The number of hydrogen-bond acceptors (Lipinski definition) is 6. The Balaban J connectivity index is 1.78. The van der Waals surface area contributed by atoms with E-state index in [0.717, 1.165) is 31.6 Å². The zero-order chi connectivity index (χ0) is 22.8. The van der Waals surface area contributed by atoms with E-state index in [0.29, 0.717) is 16.0 Å². The molecule has 168 valence electrons. The molecule has 0 bridgehead atoms. The van der Waals surface area contributed by atoms with Crippen molar-refractivity contribution in [3.8, 4) is 0 Å². The molecule has 2 aromatic heterocycles. The summed E-state index contributed by atoms with van der Waals surface area (Å²) in [5.41, 5.74) is 8.03. The maximum Gasteiger partial charge on any atom is 0.276 e. The smallest absolute Gasteiger partial charge is 0.276 e. The zero-order valence-electron chi connectivity index (χ0n) is 18.9. The van der Waals surface area contributed by atoms with Crippen LogP contribution in [0.4, 0.5) is 17.1 Å². The van der Waals surface area contributed by atoms with E-state index in [-0.39, 0.29) is 22.7 Å². The summed E-state index contributed by atoms with van der Waals surface area (Å²) in [5, 5.41) is 3.11. The van der Waals surface area contributed by atoms with E-state index in [2.05, 4.69) is 70.0 Å². The topological polar surface area (TPSA) is 93.4 Å². The summed E-state index contributed by atoms with van der Waals surface area (Å²) in [6.07, 6.45) is 5.67. The van der Waals surface area contributed by atoms with Crippen LogP contribution in [0.5, 0.6) is 0 Å². The molecular formula is C22H32BrN5O2Si. The van der Waals surface area contributed by atoms with Gasteiger partial charge in [-0.3, -0.25) is 9.78 Å². The lowest BCUT2D eigenvalue weighted by molar-refractivity contribution is 0.102. The van der Waals surface area contributed by atoms with Crippen molar-refractivity contribution >= 4 is 47.2 Å². The van der Waals surface area contributed by atoms with Crippen LogP contribution in [0.2, 0.25) is 18.1 Å². The van der Waals surface area contributed by atoms with E-state index in [9.17, 15) is 4.79 Å². The van der Waals surface area contributed by atoms with Gasteiger partial charge in [0.2, 0.25) is 0 Å². The number of halogens is 1. The van der Waals surface area contributed by atoms with Gasteiger partial charge in [0.05, 0.1) is 29.4 Å². The number of amides is 1. The average molecular weight is 507 g/mol. The van der Waals surface area contributed by atoms with Crippen LogP contribution >= 0.6 is 15.9 Å². The highest BCUT2D eigenvalue weighted by atomic mass is 79.9. The van der Waals surface area contributed by atoms with Crippen LogP contribution in [-0.2, 0) is 4.43 Å². The minimum absolute atomic E-state index is 0.169. The third-order valence-electron chi connectivity index (χ3n) is 6.14. The predicted octanol–water partition coefficient (Wildman–Crippen LogP) is 5.06. The fourth-order valence-corrected chi connectivity index (χ4v) is 5.10. The monoisotopic (exact) mass is 505 g/mol. The van der Waals surface area contributed by atoms with Crippen molar-refractivity contribution in [3.63, 3.8) is 0 Å². The van der Waals surface area contributed by atoms with Crippen LogP contribution in [0.1, 0.15) is 44.1 Å². The molecule has 1 saturated heterocycles. The summed E-state index contributed by atoms with van der Waals surface area (Å²) >= 11 is 3.29. The molecule has 0 unspecified atom stereocenters. The Morgan fingerprint density at radius 1 is 1.32 bits per heavy atom. The Morgan fingerprint density at radius 3 is 2.77 bits per heavy atom. The fourth-order valence-electron chi connectivity index (χ4n) is 3.42. The number of carbonyl (C=O) groups is 1. The van der Waals surface area contributed by atoms with Gasteiger partial charge in [-0.1, -0.05) is 20.8 Å². The third-order valence-corrected chi connectivity index (χ3v) is 11.1. The van der Waals surface area contributed by atoms with Crippen molar-refractivity contribution in [1.29, 1.82) is 0 Å². The third kappa shape index (κ3) is 5.64. The second kappa shape index (κ2) is 9.26. The van der Waals surface area contributed by atoms with Crippen LogP contribution < -0.4 is 16.0 Å². The molecule has 7 nitrogen and oxygen atoms in total. The molecule has 0 spiro atoms. The fraction of sp³-hybridized carbons (Fsp3) is 0.500. The molecule has 3 N–H and O–H groups in total. The molecular weight excluding hydrogens is 474 g/mol. The van der Waals surface area contributed by atoms with Gasteiger partial charge in [-0.15, -0.1) is 0 Å². The van der Waals surface area contributed by atoms with Crippen molar-refractivity contribution in [2.45, 2.75) is 57.8 Å². The Morgan fingerprint density at radius 2 is 2.06 bits per heavy atom. The van der Waals surface area contributed by atoms with Crippen LogP contribution in [0.15, 0.2) is 35.2 Å². The Bertz CT molecular complexity index is 948. The highest BCUT2D eigenvalue weighted by Crippen LogP contribution is 2.39. The molecule has 1 fully saturated rings. The summed E-state index contributed by atoms with van der Waals surface area (Å²) in [4.78, 5) is 23.5. The first-order valence-corrected chi connectivity index (χ1v) is 14.3. The van der Waals surface area contributed by atoms with Crippen LogP contribution in [0.25, 0.3) is 0 Å². The van der Waals surface area contributed by atoms with E-state index in [1.54, 1.807) is 24.5 Å². The lowest BCUT2D eigenvalue weighted by Crippen LogP contribution is -2.49. The molecule has 9 heteroatoms. The number of nitrogens with two attached hydrogens (primary N) is 1. The van der Waals surface area contributed by atoms with Crippen LogP contribution in [0, 0.1) is 0 Å². The molecule has 3 rings (SSSR count). The van der Waals surface area contributed by atoms with Gasteiger partial charge in [0, 0.05) is 19.3 Å². The summed E-state index contributed by atoms with van der Waals surface area (Å²) < 4.78 is 7.23. The lowest BCUT2D eigenvalue weighted by atomic mass is 10.1. The lowest BCUT2D eigenvalue weighted by Gasteiger charge is -2.43. The first-order valence-electron chi connectivity index (χ1n) is 10.6. The number of rotatable bonds is 5. The maximum atomic E-state index is 12.8. The van der Waals surface area contributed by atoms with E-state index >= 15 is 0 Å². The first kappa shape index (κ1) is 23.7. The second-order valence-corrected chi connectivity index (χ2v) is 15.1.